The average Bonchev–Trinajstić information content (AvgIpc) is 2.04. The van der Waals surface area contributed by atoms with E-state index in [4.69, 9.17) is 14.7 Å². The first-order chi connectivity index (χ1) is 5.68. The minimum Gasteiger partial charge on any atom is -0.353 e. The number of rotatable bonds is 3. The molecule has 88 valence electrons. The molecular formula is C7H20O4P2Rf3. The van der Waals surface area contributed by atoms with Gasteiger partial charge in [-0.15, -0.1) is 0 Å². The zero-order valence-electron chi connectivity index (χ0n) is 10.6. The summed E-state index contributed by atoms with van der Waals surface area (Å²) in [5, 5.41) is 0. The van der Waals surface area contributed by atoms with E-state index in [-0.39, 0.29) is 0 Å². The van der Waals surface area contributed by atoms with Crippen molar-refractivity contribution in [2.24, 2.45) is 0 Å². The van der Waals surface area contributed by atoms with Crippen LogP contribution in [0.15, 0.2) is 0 Å². The van der Waals surface area contributed by atoms with Crippen molar-refractivity contribution in [3.63, 3.8) is 0 Å². The van der Waals surface area contributed by atoms with Crippen LogP contribution in [0, 0.1) is 0 Å². The van der Waals surface area contributed by atoms with E-state index in [1.807, 2.05) is 6.92 Å². The molecule has 0 fully saturated rings. The fourth-order valence-electron chi connectivity index (χ4n) is 0.129. The summed E-state index contributed by atoms with van der Waals surface area (Å²) >= 11 is 0. The van der Waals surface area contributed by atoms with Crippen LogP contribution in [0.5, 0.6) is 0 Å². The minimum atomic E-state index is -2.65. The molecule has 0 aromatic rings. The molecule has 0 amide bonds. The summed E-state index contributed by atoms with van der Waals surface area (Å²) in [5.74, 6) is 0. The second kappa shape index (κ2) is 10.5. The van der Waals surface area contributed by atoms with Gasteiger partial charge >= 0.3 is 0 Å². The summed E-state index contributed by atoms with van der Waals surface area (Å²) in [5.41, 5.74) is 0. The molecule has 3 N–H and O–H groups in total. The molecule has 0 radical (unpaired) electrons. The van der Waals surface area contributed by atoms with Crippen LogP contribution in [0.2, 0.25) is 0 Å². The van der Waals surface area contributed by atoms with Crippen LogP contribution in [0.4, 0.5) is 0 Å². The maximum atomic E-state index is 8.91. The van der Waals surface area contributed by atoms with E-state index in [1.165, 1.54) is 7.11 Å². The fraction of sp³-hybridized carbons (Fsp3) is 0.714. The second-order valence-electron chi connectivity index (χ2n) is 2.54. The standard InChI is InChI=1S/C4H11O2P.C3H9O2P.3Rf/c1-4-7(3,5)6-2;1-3-6(2,4)5;;;/h5H,3-4H2,1-2H3;4-5H,2-3H2,1H3;;;. The monoisotopic (exact) mass is 1030 g/mol. The summed E-state index contributed by atoms with van der Waals surface area (Å²) in [6.07, 6.45) is 7.57. The SMILES string of the molecule is C=P(O)(CC)OC.C=P(O)(O)CC.[Rf].[Rf].[Rf]. The van der Waals surface area contributed by atoms with Gasteiger partial charge < -0.3 is 19.2 Å². The van der Waals surface area contributed by atoms with Gasteiger partial charge in [-0.25, -0.2) is 0 Å². The first-order valence-corrected chi connectivity index (χ1v) is 7.96. The zero-order chi connectivity index (χ0) is 11.1. The van der Waals surface area contributed by atoms with Gasteiger partial charge in [-0.05, 0) is 0 Å². The minimum absolute atomic E-state index is 0. The Morgan fingerprint density at radius 1 is 0.938 bits per heavy atom. The molecule has 0 aliphatic heterocycles. The van der Waals surface area contributed by atoms with Crippen LogP contribution in [-0.2, 0) is 4.52 Å². The Hall–Kier alpha value is -2.56. The van der Waals surface area contributed by atoms with E-state index in [0.29, 0.717) is 12.3 Å². The van der Waals surface area contributed by atoms with Gasteiger partial charge in [0.15, 0.2) is 0 Å². The van der Waals surface area contributed by atoms with Crippen LogP contribution < -0.4 is 0 Å². The molecular weight excluding hydrogens is 1010 g/mol. The Bertz CT molecular complexity index is 212. The topological polar surface area (TPSA) is 69.9 Å². The molecule has 1 atom stereocenters. The van der Waals surface area contributed by atoms with Crippen molar-refractivity contribution >= 4 is 27.3 Å². The third-order valence-corrected chi connectivity index (χ3v) is 4.02. The maximum Gasteiger partial charge on any atom is 0.114 e. The zero-order valence-corrected chi connectivity index (χ0v) is 31.6. The van der Waals surface area contributed by atoms with Crippen molar-refractivity contribution in [2.75, 3.05) is 19.4 Å². The normalized spacial score (nSPS) is 12.6. The van der Waals surface area contributed by atoms with Crippen molar-refractivity contribution in [1.82, 2.24) is 0 Å². The molecule has 0 aromatic heterocycles. The summed E-state index contributed by atoms with van der Waals surface area (Å²) in [6, 6.07) is 0. The molecule has 0 saturated carbocycles. The molecule has 0 bridgehead atoms. The Morgan fingerprint density at radius 3 is 1.19 bits per heavy atom. The van der Waals surface area contributed by atoms with Crippen molar-refractivity contribution in [3.8, 4) is 0 Å². The maximum absolute atomic E-state index is 8.91. The summed E-state index contributed by atoms with van der Waals surface area (Å²) in [4.78, 5) is 25.7. The molecule has 1 unspecified atom stereocenters. The molecule has 0 spiro atoms. The largest absolute Gasteiger partial charge is 0.353 e. The second-order valence-corrected chi connectivity index (χ2v) is 7.62. The van der Waals surface area contributed by atoms with Crippen LogP contribution in [0.1, 0.15) is 13.8 Å². The van der Waals surface area contributed by atoms with Crippen LogP contribution >= 0.6 is 14.7 Å². The number of hydrogen-bond donors (Lipinski definition) is 3. The number of hydrogen-bond acceptors (Lipinski definition) is 4. The van der Waals surface area contributed by atoms with Crippen LogP contribution in [0.25, 0.3) is 0 Å². The molecule has 0 aliphatic rings. The first kappa shape index (κ1) is 29.2. The Kier molecular flexibility index (Phi) is 19.2. The van der Waals surface area contributed by atoms with E-state index in [9.17, 15) is 0 Å². The van der Waals surface area contributed by atoms with Gasteiger partial charge in [0.25, 0.3) is 0 Å². The van der Waals surface area contributed by atoms with E-state index in [2.05, 4.69) is 17.1 Å². The molecule has 0 saturated heterocycles. The molecule has 9 heteroatoms. The van der Waals surface area contributed by atoms with Crippen molar-refractivity contribution < 1.29 is 19.2 Å². The van der Waals surface area contributed by atoms with Gasteiger partial charge in [0.05, 0.1) is 0 Å². The third-order valence-electron chi connectivity index (χ3n) is 1.34. The molecule has 0 heterocycles. The van der Waals surface area contributed by atoms with Crippen molar-refractivity contribution in [3.05, 3.63) is 0 Å². The summed E-state index contributed by atoms with van der Waals surface area (Å²) < 4.78 is 4.64. The van der Waals surface area contributed by atoms with Gasteiger partial charge in [0, 0.05) is 19.4 Å². The predicted molar refractivity (Wildman–Crippen MR) is 62.8 cm³/mol. The Labute approximate surface area is 80.5 Å². The van der Waals surface area contributed by atoms with Gasteiger partial charge in [-0.3, -0.25) is 0 Å². The van der Waals surface area contributed by atoms with Gasteiger partial charge in [0.2, 0.25) is 0 Å². The third kappa shape index (κ3) is 30.1. The molecule has 16 heavy (non-hydrogen) atoms. The molecule has 0 aliphatic carbocycles. The Morgan fingerprint density at radius 2 is 1.19 bits per heavy atom. The quantitative estimate of drug-likeness (QED) is 0.373. The van der Waals surface area contributed by atoms with E-state index < -0.39 is 14.7 Å². The smallest absolute Gasteiger partial charge is 0.114 e. The molecule has 0 rings (SSSR count). The van der Waals surface area contributed by atoms with E-state index in [0.717, 1.165) is 0 Å². The fourth-order valence-corrected chi connectivity index (χ4v) is 0.387. The van der Waals surface area contributed by atoms with Crippen molar-refractivity contribution in [2.45, 2.75) is 13.8 Å². The first-order valence-electron chi connectivity index (χ1n) is 3.87. The predicted octanol–water partition coefficient (Wildman–Crippen LogP) is 1.20. The summed E-state index contributed by atoms with van der Waals surface area (Å²) in [6.45, 7) is 3.55. The van der Waals surface area contributed by atoms with Gasteiger partial charge in [0.1, 0.15) is 14.7 Å². The van der Waals surface area contributed by atoms with Crippen LogP contribution in [-0.4, -0.2) is 46.7 Å². The van der Waals surface area contributed by atoms with Gasteiger partial charge in [-0.2, -0.15) is 0 Å². The molecule has 0 aromatic carbocycles. The van der Waals surface area contributed by atoms with Crippen LogP contribution in [0.3, 0.4) is 0 Å². The summed E-state index contributed by atoms with van der Waals surface area (Å²) in [7, 11) is -3.32. The Balaban J connectivity index is -0.0000000428. The average molecular weight is 1030 g/mol. The van der Waals surface area contributed by atoms with Crippen molar-refractivity contribution in [1.29, 1.82) is 0 Å². The molecule has 4 nitrogen and oxygen atoms in total. The van der Waals surface area contributed by atoms with Gasteiger partial charge in [-0.1, -0.05) is 26.4 Å². The van der Waals surface area contributed by atoms with E-state index >= 15 is 0 Å². The van der Waals surface area contributed by atoms with E-state index in [1.54, 1.807) is 6.92 Å².